The highest BCUT2D eigenvalue weighted by atomic mass is 79.9. The predicted molar refractivity (Wildman–Crippen MR) is 75.3 cm³/mol. The molecule has 0 bridgehead atoms. The first-order chi connectivity index (χ1) is 8.56. The lowest BCUT2D eigenvalue weighted by molar-refractivity contribution is 0.185. The molecule has 1 heterocycles. The molecule has 0 spiro atoms. The number of amides is 2. The van der Waals surface area contributed by atoms with E-state index in [0.29, 0.717) is 13.1 Å². The monoisotopic (exact) mass is 311 g/mol. The fourth-order valence-electron chi connectivity index (χ4n) is 2.27. The van der Waals surface area contributed by atoms with E-state index in [1.807, 2.05) is 37.1 Å². The number of hydrogen-bond donors (Lipinski definition) is 1. The van der Waals surface area contributed by atoms with Gasteiger partial charge in [0, 0.05) is 30.7 Å². The Morgan fingerprint density at radius 3 is 2.78 bits per heavy atom. The van der Waals surface area contributed by atoms with E-state index in [1.54, 1.807) is 4.90 Å². The van der Waals surface area contributed by atoms with Crippen LogP contribution in [-0.4, -0.2) is 42.0 Å². The lowest BCUT2D eigenvalue weighted by atomic mass is 10.1. The number of benzene rings is 1. The summed E-state index contributed by atoms with van der Waals surface area (Å²) < 4.78 is 1.04. The van der Waals surface area contributed by atoms with Gasteiger partial charge in [0.25, 0.3) is 0 Å². The number of carbonyl (C=O) groups is 1. The Kier molecular flexibility index (Phi) is 3.92. The van der Waals surface area contributed by atoms with E-state index in [0.717, 1.165) is 10.0 Å². The van der Waals surface area contributed by atoms with Crippen molar-refractivity contribution in [2.24, 2.45) is 5.73 Å². The molecule has 0 saturated carbocycles. The van der Waals surface area contributed by atoms with E-state index >= 15 is 0 Å². The van der Waals surface area contributed by atoms with Crippen molar-refractivity contribution < 1.29 is 4.79 Å². The van der Waals surface area contributed by atoms with Crippen LogP contribution >= 0.6 is 15.9 Å². The number of urea groups is 1. The predicted octanol–water partition coefficient (Wildman–Crippen LogP) is 2.20. The molecule has 1 saturated heterocycles. The van der Waals surface area contributed by atoms with E-state index in [2.05, 4.69) is 22.0 Å². The van der Waals surface area contributed by atoms with E-state index in [4.69, 9.17) is 5.73 Å². The lowest BCUT2D eigenvalue weighted by Gasteiger charge is -2.21. The highest BCUT2D eigenvalue weighted by Crippen LogP contribution is 2.33. The van der Waals surface area contributed by atoms with Gasteiger partial charge < -0.3 is 15.5 Å². The van der Waals surface area contributed by atoms with Gasteiger partial charge in [-0.3, -0.25) is 0 Å². The summed E-state index contributed by atoms with van der Waals surface area (Å²) in [5.41, 5.74) is 6.79. The van der Waals surface area contributed by atoms with E-state index in [9.17, 15) is 4.79 Å². The van der Waals surface area contributed by atoms with Crippen LogP contribution in [0.15, 0.2) is 28.7 Å². The molecule has 1 aliphatic rings. The average Bonchev–Trinajstić information content (AvgIpc) is 2.67. The zero-order valence-electron chi connectivity index (χ0n) is 10.6. The average molecular weight is 312 g/mol. The Morgan fingerprint density at radius 1 is 1.50 bits per heavy atom. The summed E-state index contributed by atoms with van der Waals surface area (Å²) >= 11 is 3.55. The quantitative estimate of drug-likeness (QED) is 0.930. The number of nitrogens with two attached hydrogens (primary N) is 1. The highest BCUT2D eigenvalue weighted by molar-refractivity contribution is 9.10. The van der Waals surface area contributed by atoms with Crippen LogP contribution in [0.2, 0.25) is 0 Å². The number of hydrogen-bond acceptors (Lipinski definition) is 2. The van der Waals surface area contributed by atoms with Crippen LogP contribution in [-0.2, 0) is 0 Å². The molecule has 4 nitrogen and oxygen atoms in total. The van der Waals surface area contributed by atoms with Gasteiger partial charge in [-0.25, -0.2) is 4.79 Å². The zero-order chi connectivity index (χ0) is 13.3. The molecule has 1 fully saturated rings. The summed E-state index contributed by atoms with van der Waals surface area (Å²) in [6, 6.07) is 8.23. The van der Waals surface area contributed by atoms with Gasteiger partial charge in [0.05, 0.1) is 6.04 Å². The second kappa shape index (κ2) is 5.28. The molecule has 1 aliphatic heterocycles. The number of rotatable bonds is 3. The van der Waals surface area contributed by atoms with Crippen molar-refractivity contribution in [2.75, 3.05) is 20.1 Å². The minimum absolute atomic E-state index is 0.0497. The molecule has 18 heavy (non-hydrogen) atoms. The normalized spacial score (nSPS) is 21.6. The van der Waals surface area contributed by atoms with Crippen LogP contribution in [0.1, 0.15) is 18.5 Å². The Labute approximate surface area is 116 Å². The zero-order valence-corrected chi connectivity index (χ0v) is 12.2. The number of nitrogens with zero attached hydrogens (tertiary/aromatic N) is 2. The van der Waals surface area contributed by atoms with Gasteiger partial charge in [-0.15, -0.1) is 0 Å². The Hall–Kier alpha value is -1.07. The maximum atomic E-state index is 12.2. The standard InChI is InChI=1S/C13H18BrN3O/c1-9(7-15)17-8-12(16(2)13(17)18)10-5-3-4-6-11(10)14/h3-6,9,12H,7-8,15H2,1-2H3. The van der Waals surface area contributed by atoms with Gasteiger partial charge in [0.2, 0.25) is 0 Å². The Balaban J connectivity index is 2.27. The minimum atomic E-state index is 0.0497. The fourth-order valence-corrected chi connectivity index (χ4v) is 2.82. The van der Waals surface area contributed by atoms with Gasteiger partial charge in [0.15, 0.2) is 0 Å². The van der Waals surface area contributed by atoms with Crippen molar-refractivity contribution in [3.8, 4) is 0 Å². The number of likely N-dealkylation sites (N-methyl/N-ethyl adjacent to an activating group) is 1. The van der Waals surface area contributed by atoms with Gasteiger partial charge in [-0.1, -0.05) is 34.1 Å². The maximum Gasteiger partial charge on any atom is 0.320 e. The Bertz CT molecular complexity index is 452. The van der Waals surface area contributed by atoms with Crippen LogP contribution < -0.4 is 5.73 Å². The third-order valence-electron chi connectivity index (χ3n) is 3.52. The molecule has 0 aromatic heterocycles. The van der Waals surface area contributed by atoms with E-state index in [1.165, 1.54) is 0 Å². The van der Waals surface area contributed by atoms with Crippen molar-refractivity contribution in [3.63, 3.8) is 0 Å². The highest BCUT2D eigenvalue weighted by Gasteiger charge is 2.38. The minimum Gasteiger partial charge on any atom is -0.328 e. The molecule has 0 aliphatic carbocycles. The second-order valence-corrected chi connectivity index (χ2v) is 5.52. The van der Waals surface area contributed by atoms with Gasteiger partial charge >= 0.3 is 6.03 Å². The molecule has 5 heteroatoms. The smallest absolute Gasteiger partial charge is 0.320 e. The van der Waals surface area contributed by atoms with Crippen molar-refractivity contribution in [2.45, 2.75) is 19.0 Å². The van der Waals surface area contributed by atoms with Crippen LogP contribution in [0, 0.1) is 0 Å². The fraction of sp³-hybridized carbons (Fsp3) is 0.462. The summed E-state index contributed by atoms with van der Waals surface area (Å²) in [4.78, 5) is 15.8. The number of carbonyl (C=O) groups excluding carboxylic acids is 1. The summed E-state index contributed by atoms with van der Waals surface area (Å²) in [5, 5.41) is 0. The second-order valence-electron chi connectivity index (χ2n) is 4.67. The molecule has 2 unspecified atom stereocenters. The van der Waals surface area contributed by atoms with E-state index in [-0.39, 0.29) is 18.1 Å². The summed E-state index contributed by atoms with van der Waals surface area (Å²) in [5.74, 6) is 0. The molecule has 2 atom stereocenters. The topological polar surface area (TPSA) is 49.6 Å². The first-order valence-electron chi connectivity index (χ1n) is 6.04. The third-order valence-corrected chi connectivity index (χ3v) is 4.24. The van der Waals surface area contributed by atoms with Crippen molar-refractivity contribution in [3.05, 3.63) is 34.3 Å². The van der Waals surface area contributed by atoms with Crippen LogP contribution in [0.25, 0.3) is 0 Å². The van der Waals surface area contributed by atoms with Gasteiger partial charge in [-0.2, -0.15) is 0 Å². The Morgan fingerprint density at radius 2 is 2.17 bits per heavy atom. The summed E-state index contributed by atoms with van der Waals surface area (Å²) in [6.45, 7) is 3.16. The first-order valence-corrected chi connectivity index (χ1v) is 6.83. The largest absolute Gasteiger partial charge is 0.328 e. The summed E-state index contributed by atoms with van der Waals surface area (Å²) in [6.07, 6.45) is 0. The summed E-state index contributed by atoms with van der Waals surface area (Å²) in [7, 11) is 1.84. The van der Waals surface area contributed by atoms with Crippen LogP contribution in [0.4, 0.5) is 4.79 Å². The van der Waals surface area contributed by atoms with Gasteiger partial charge in [-0.05, 0) is 18.6 Å². The van der Waals surface area contributed by atoms with Crippen LogP contribution in [0.5, 0.6) is 0 Å². The van der Waals surface area contributed by atoms with Gasteiger partial charge in [0.1, 0.15) is 0 Å². The van der Waals surface area contributed by atoms with Crippen molar-refractivity contribution >= 4 is 22.0 Å². The lowest BCUT2D eigenvalue weighted by Crippen LogP contribution is -2.40. The van der Waals surface area contributed by atoms with E-state index < -0.39 is 0 Å². The third kappa shape index (κ3) is 2.24. The maximum absolute atomic E-state index is 12.2. The molecule has 2 N–H and O–H groups in total. The molecule has 0 radical (unpaired) electrons. The molecule has 2 amide bonds. The first kappa shape index (κ1) is 13.4. The molecule has 1 aromatic rings. The number of halogens is 1. The molecular weight excluding hydrogens is 294 g/mol. The van der Waals surface area contributed by atoms with Crippen LogP contribution in [0.3, 0.4) is 0 Å². The molecule has 98 valence electrons. The van der Waals surface area contributed by atoms with Crippen molar-refractivity contribution in [1.29, 1.82) is 0 Å². The molecule has 2 rings (SSSR count). The molecule has 1 aromatic carbocycles. The molecular formula is C13H18BrN3O. The SMILES string of the molecule is CC(CN)N1CC(c2ccccc2Br)N(C)C1=O. The van der Waals surface area contributed by atoms with Crippen molar-refractivity contribution in [1.82, 2.24) is 9.80 Å².